The Morgan fingerprint density at radius 3 is 2.32 bits per heavy atom. The van der Waals surface area contributed by atoms with Crippen LogP contribution in [0.25, 0.3) is 0 Å². The van der Waals surface area contributed by atoms with E-state index in [4.69, 9.17) is 0 Å². The van der Waals surface area contributed by atoms with Gasteiger partial charge in [0.25, 0.3) is 0 Å². The lowest BCUT2D eigenvalue weighted by molar-refractivity contribution is 0.353. The van der Waals surface area contributed by atoms with Gasteiger partial charge in [-0.05, 0) is 30.4 Å². The second kappa shape index (κ2) is 6.98. The lowest BCUT2D eigenvalue weighted by Gasteiger charge is -2.39. The van der Waals surface area contributed by atoms with E-state index in [0.29, 0.717) is 19.6 Å². The van der Waals surface area contributed by atoms with E-state index >= 15 is 0 Å². The monoisotopic (exact) mass is 365 g/mol. The summed E-state index contributed by atoms with van der Waals surface area (Å²) in [6, 6.07) is 8.59. The highest BCUT2D eigenvalue weighted by Crippen LogP contribution is 2.24. The summed E-state index contributed by atoms with van der Waals surface area (Å²) in [4.78, 5) is 6.37. The molecule has 5 nitrogen and oxygen atoms in total. The molecule has 1 aromatic carbocycles. The molecule has 140 valence electrons. The van der Waals surface area contributed by atoms with Gasteiger partial charge in [0.05, 0.1) is 10.5 Å². The molecule has 6 heteroatoms. The molecule has 0 aromatic heterocycles. The summed E-state index contributed by atoms with van der Waals surface area (Å²) in [5.41, 5.74) is 2.63. The van der Waals surface area contributed by atoms with Crippen molar-refractivity contribution < 1.29 is 8.42 Å². The quantitative estimate of drug-likeness (QED) is 0.646. The summed E-state index contributed by atoms with van der Waals surface area (Å²) in [5.74, 6) is 0.920. The Morgan fingerprint density at radius 2 is 1.84 bits per heavy atom. The highest BCUT2D eigenvalue weighted by Gasteiger charge is 2.40. The van der Waals surface area contributed by atoms with Crippen LogP contribution < -0.4 is 5.32 Å². The lowest BCUT2D eigenvalue weighted by Crippen LogP contribution is -2.57. The zero-order valence-electron chi connectivity index (χ0n) is 16.3. The number of sulfone groups is 1. The van der Waals surface area contributed by atoms with Crippen molar-refractivity contribution in [3.05, 3.63) is 35.4 Å². The molecule has 0 aliphatic carbocycles. The summed E-state index contributed by atoms with van der Waals surface area (Å²) in [6.07, 6.45) is 0. The Balaban J connectivity index is 2.02. The smallest absolute Gasteiger partial charge is 0.193 e. The van der Waals surface area contributed by atoms with Crippen molar-refractivity contribution in [2.45, 2.75) is 51.3 Å². The lowest BCUT2D eigenvalue weighted by atomic mass is 9.87. The highest BCUT2D eigenvalue weighted by molar-refractivity contribution is 7.92. The minimum Gasteiger partial charge on any atom is -0.352 e. The van der Waals surface area contributed by atoms with Crippen molar-refractivity contribution in [3.63, 3.8) is 0 Å². The predicted molar refractivity (Wildman–Crippen MR) is 105 cm³/mol. The summed E-state index contributed by atoms with van der Waals surface area (Å²) in [6.45, 7) is 11.8. The van der Waals surface area contributed by atoms with Crippen LogP contribution in [0, 0.1) is 0 Å². The predicted octanol–water partition coefficient (Wildman–Crippen LogP) is 2.57. The molecule has 1 saturated heterocycles. The van der Waals surface area contributed by atoms with E-state index in [-0.39, 0.29) is 11.2 Å². The molecule has 0 radical (unpaired) electrons. The number of nitrogens with one attached hydrogen (secondary N) is 1. The number of nitrogens with zero attached hydrogens (tertiary/aromatic N) is 2. The van der Waals surface area contributed by atoms with Gasteiger partial charge >= 0.3 is 0 Å². The van der Waals surface area contributed by atoms with E-state index in [1.54, 1.807) is 20.9 Å². The van der Waals surface area contributed by atoms with Gasteiger partial charge in [0.15, 0.2) is 15.8 Å². The van der Waals surface area contributed by atoms with Crippen molar-refractivity contribution in [2.24, 2.45) is 4.99 Å². The van der Waals surface area contributed by atoms with Crippen LogP contribution in [0.4, 0.5) is 0 Å². The van der Waals surface area contributed by atoms with Crippen molar-refractivity contribution >= 4 is 15.8 Å². The van der Waals surface area contributed by atoms with Gasteiger partial charge < -0.3 is 10.2 Å². The zero-order chi connectivity index (χ0) is 18.9. The molecule has 0 amide bonds. The van der Waals surface area contributed by atoms with Gasteiger partial charge in [-0.1, -0.05) is 45.0 Å². The second-order valence-corrected chi connectivity index (χ2v) is 11.1. The normalized spacial score (nSPS) is 20.4. The van der Waals surface area contributed by atoms with Gasteiger partial charge in [-0.15, -0.1) is 0 Å². The SMILES string of the molecule is CN=C(NCc1ccc(C(C)(C)C)cc1)N1CCS(=O)(=O)C(C)(C)C1. The van der Waals surface area contributed by atoms with Crippen molar-refractivity contribution in [2.75, 3.05) is 25.9 Å². The Morgan fingerprint density at radius 1 is 1.24 bits per heavy atom. The first-order valence-corrected chi connectivity index (χ1v) is 10.4. The third-order valence-corrected chi connectivity index (χ3v) is 7.36. The molecule has 1 aromatic rings. The van der Waals surface area contributed by atoms with Crippen LogP contribution in [0.2, 0.25) is 0 Å². The molecule has 1 fully saturated rings. The minimum absolute atomic E-state index is 0.146. The van der Waals surface area contributed by atoms with E-state index in [2.05, 4.69) is 55.3 Å². The average Bonchev–Trinajstić information content (AvgIpc) is 2.51. The van der Waals surface area contributed by atoms with Gasteiger partial charge in [-0.2, -0.15) is 0 Å². The number of aliphatic imine (C=N–C) groups is 1. The van der Waals surface area contributed by atoms with Crippen molar-refractivity contribution in [1.82, 2.24) is 10.2 Å². The fourth-order valence-electron chi connectivity index (χ4n) is 2.96. The van der Waals surface area contributed by atoms with Gasteiger partial charge in [0.2, 0.25) is 0 Å². The van der Waals surface area contributed by atoms with Crippen LogP contribution in [0.15, 0.2) is 29.3 Å². The standard InChI is InChI=1S/C19H31N3O2S/c1-18(2,3)16-9-7-15(8-10-16)13-21-17(20-6)22-11-12-25(23,24)19(4,5)14-22/h7-10H,11-14H2,1-6H3,(H,20,21). The summed E-state index contributed by atoms with van der Waals surface area (Å²) < 4.78 is 23.6. The highest BCUT2D eigenvalue weighted by atomic mass is 32.2. The molecule has 1 N–H and O–H groups in total. The van der Waals surface area contributed by atoms with Gasteiger partial charge in [-0.25, -0.2) is 8.42 Å². The van der Waals surface area contributed by atoms with E-state index in [9.17, 15) is 8.42 Å². The van der Waals surface area contributed by atoms with Gasteiger partial charge in [0, 0.05) is 26.7 Å². The fourth-order valence-corrected chi connectivity index (χ4v) is 4.33. The Labute approximate surface area is 152 Å². The molecule has 0 bridgehead atoms. The topological polar surface area (TPSA) is 61.8 Å². The van der Waals surface area contributed by atoms with Crippen LogP contribution in [0.1, 0.15) is 45.7 Å². The molecule has 1 heterocycles. The summed E-state index contributed by atoms with van der Waals surface area (Å²) in [7, 11) is -1.31. The maximum atomic E-state index is 12.2. The van der Waals surface area contributed by atoms with E-state index in [0.717, 1.165) is 5.96 Å². The molecule has 1 aliphatic heterocycles. The minimum atomic E-state index is -3.05. The van der Waals surface area contributed by atoms with Crippen LogP contribution in [0.3, 0.4) is 0 Å². The first-order chi connectivity index (χ1) is 11.5. The Hall–Kier alpha value is -1.56. The van der Waals surface area contributed by atoms with Crippen molar-refractivity contribution in [3.8, 4) is 0 Å². The van der Waals surface area contributed by atoms with Crippen LogP contribution in [-0.2, 0) is 21.8 Å². The molecular weight excluding hydrogens is 334 g/mol. The molecule has 0 unspecified atom stereocenters. The Bertz CT molecular complexity index is 729. The molecular formula is C19H31N3O2S. The maximum absolute atomic E-state index is 12.2. The number of hydrogen-bond acceptors (Lipinski definition) is 3. The zero-order valence-corrected chi connectivity index (χ0v) is 17.1. The summed E-state index contributed by atoms with van der Waals surface area (Å²) in [5, 5.41) is 3.36. The molecule has 0 spiro atoms. The Kier molecular flexibility index (Phi) is 5.52. The van der Waals surface area contributed by atoms with E-state index < -0.39 is 14.6 Å². The molecule has 0 saturated carbocycles. The van der Waals surface area contributed by atoms with Crippen molar-refractivity contribution in [1.29, 1.82) is 0 Å². The maximum Gasteiger partial charge on any atom is 0.193 e. The third-order valence-electron chi connectivity index (χ3n) is 4.83. The molecule has 25 heavy (non-hydrogen) atoms. The van der Waals surface area contributed by atoms with Crippen LogP contribution in [-0.4, -0.2) is 49.9 Å². The number of rotatable bonds is 2. The molecule has 0 atom stereocenters. The molecule has 1 aliphatic rings. The summed E-state index contributed by atoms with van der Waals surface area (Å²) >= 11 is 0. The van der Waals surface area contributed by atoms with Gasteiger partial charge in [-0.3, -0.25) is 4.99 Å². The number of guanidine groups is 1. The van der Waals surface area contributed by atoms with Crippen LogP contribution >= 0.6 is 0 Å². The number of benzene rings is 1. The van der Waals surface area contributed by atoms with Gasteiger partial charge in [0.1, 0.15) is 0 Å². The third kappa shape index (κ3) is 4.54. The first-order valence-electron chi connectivity index (χ1n) is 8.74. The largest absolute Gasteiger partial charge is 0.352 e. The average molecular weight is 366 g/mol. The van der Waals surface area contributed by atoms with E-state index in [1.165, 1.54) is 11.1 Å². The number of hydrogen-bond donors (Lipinski definition) is 1. The first kappa shape index (κ1) is 19.8. The fraction of sp³-hybridized carbons (Fsp3) is 0.632. The van der Waals surface area contributed by atoms with E-state index in [1.807, 2.05) is 4.90 Å². The molecule has 2 rings (SSSR count). The second-order valence-electron chi connectivity index (χ2n) is 8.35. The van der Waals surface area contributed by atoms with Crippen LogP contribution in [0.5, 0.6) is 0 Å².